The van der Waals surface area contributed by atoms with Crippen LogP contribution in [0.4, 0.5) is 0 Å². The first-order valence-corrected chi connectivity index (χ1v) is 37.2. The van der Waals surface area contributed by atoms with Gasteiger partial charge in [-0.2, -0.15) is 0 Å². The Bertz CT molecular complexity index is 1790. The minimum absolute atomic E-state index is 0.0835. The summed E-state index contributed by atoms with van der Waals surface area (Å²) in [5, 5.41) is 10.6. The first-order valence-electron chi connectivity index (χ1n) is 34.2. The van der Waals surface area contributed by atoms with E-state index in [0.717, 1.165) is 121 Å². The largest absolute Gasteiger partial charge is 0.472 e. The van der Waals surface area contributed by atoms with Gasteiger partial charge in [-0.3, -0.25) is 37.3 Å². The van der Waals surface area contributed by atoms with Crippen LogP contribution in [0.25, 0.3) is 0 Å². The number of hydrogen-bond acceptors (Lipinski definition) is 15. The topological polar surface area (TPSA) is 237 Å². The maximum atomic E-state index is 13.0. The summed E-state index contributed by atoms with van der Waals surface area (Å²) in [7, 11) is -9.91. The molecule has 0 bridgehead atoms. The number of rotatable bonds is 63. The Labute approximate surface area is 522 Å². The van der Waals surface area contributed by atoms with Crippen LogP contribution in [0.3, 0.4) is 0 Å². The number of aliphatic hydroxyl groups excluding tert-OH is 1. The second-order valence-electron chi connectivity index (χ2n) is 24.7. The van der Waals surface area contributed by atoms with Gasteiger partial charge >= 0.3 is 39.5 Å². The number of phosphoric ester groups is 2. The van der Waals surface area contributed by atoms with Gasteiger partial charge in [0.15, 0.2) is 12.2 Å². The number of carbonyl (C=O) groups excluding carboxylic acids is 4. The van der Waals surface area contributed by atoms with Gasteiger partial charge in [0.1, 0.15) is 19.3 Å². The monoisotopic (exact) mass is 1260 g/mol. The molecule has 19 heteroatoms. The molecule has 0 aliphatic carbocycles. The lowest BCUT2D eigenvalue weighted by molar-refractivity contribution is -0.161. The second kappa shape index (κ2) is 57.7. The van der Waals surface area contributed by atoms with Crippen molar-refractivity contribution in [2.24, 2.45) is 17.8 Å². The van der Waals surface area contributed by atoms with Gasteiger partial charge in [0.2, 0.25) is 0 Å². The first-order chi connectivity index (χ1) is 41.3. The highest BCUT2D eigenvalue weighted by Crippen LogP contribution is 2.45. The van der Waals surface area contributed by atoms with Gasteiger partial charge in [-0.15, -0.1) is 0 Å². The summed E-state index contributed by atoms with van der Waals surface area (Å²) >= 11 is 0. The van der Waals surface area contributed by atoms with Gasteiger partial charge in [-0.1, -0.05) is 253 Å². The van der Waals surface area contributed by atoms with Crippen LogP contribution in [0.1, 0.15) is 305 Å². The molecule has 0 aliphatic heterocycles. The van der Waals surface area contributed by atoms with Crippen molar-refractivity contribution >= 4 is 39.5 Å². The zero-order valence-electron chi connectivity index (χ0n) is 55.3. The lowest BCUT2D eigenvalue weighted by atomic mass is 10.00. The molecule has 6 atom stereocenters. The van der Waals surface area contributed by atoms with E-state index >= 15 is 0 Å². The van der Waals surface area contributed by atoms with E-state index in [0.29, 0.717) is 37.5 Å². The fourth-order valence-corrected chi connectivity index (χ4v) is 11.0. The van der Waals surface area contributed by atoms with E-state index in [4.69, 9.17) is 37.0 Å². The van der Waals surface area contributed by atoms with Crippen molar-refractivity contribution in [2.45, 2.75) is 324 Å². The van der Waals surface area contributed by atoms with Crippen LogP contribution in [-0.2, 0) is 65.4 Å². The SMILES string of the molecule is CCCCCC/C=C\C=C/CCCCCCCC(=O)O[C@H](COC(=O)CCCCCCCCCC(C)C)COP(=O)(O)OC[C@@H](O)COP(=O)(O)OC[C@@H](COC(=O)CCCCCCCCC(C)CC)OC(=O)CCCCCCCCCCC(C)C. The normalized spacial score (nSPS) is 14.8. The van der Waals surface area contributed by atoms with Crippen molar-refractivity contribution < 1.29 is 80.2 Å². The molecule has 0 saturated carbocycles. The third-order valence-electron chi connectivity index (χ3n) is 15.1. The highest BCUT2D eigenvalue weighted by atomic mass is 31.2. The van der Waals surface area contributed by atoms with Gasteiger partial charge in [0.25, 0.3) is 0 Å². The molecular weight excluding hydrogens is 1140 g/mol. The summed E-state index contributed by atoms with van der Waals surface area (Å²) in [6.45, 7) is 11.6. The summed E-state index contributed by atoms with van der Waals surface area (Å²) < 4.78 is 68.0. The highest BCUT2D eigenvalue weighted by molar-refractivity contribution is 7.47. The molecule has 0 aromatic carbocycles. The van der Waals surface area contributed by atoms with Crippen LogP contribution in [0.2, 0.25) is 0 Å². The van der Waals surface area contributed by atoms with E-state index in [-0.39, 0.29) is 25.7 Å². The van der Waals surface area contributed by atoms with Crippen LogP contribution in [0.5, 0.6) is 0 Å². The van der Waals surface area contributed by atoms with E-state index in [1.165, 1.54) is 89.9 Å². The fourth-order valence-electron chi connectivity index (χ4n) is 9.44. The van der Waals surface area contributed by atoms with Gasteiger partial charge in [-0.25, -0.2) is 9.13 Å². The average molecular weight is 1270 g/mol. The zero-order chi connectivity index (χ0) is 63.8. The predicted molar refractivity (Wildman–Crippen MR) is 344 cm³/mol. The van der Waals surface area contributed by atoms with E-state index in [2.05, 4.69) is 72.8 Å². The third-order valence-corrected chi connectivity index (χ3v) is 17.0. The molecule has 86 heavy (non-hydrogen) atoms. The summed E-state index contributed by atoms with van der Waals surface area (Å²) in [6, 6.07) is 0. The average Bonchev–Trinajstić information content (AvgIpc) is 3.69. The number of phosphoric acid groups is 2. The summed E-state index contributed by atoms with van der Waals surface area (Å²) in [5.74, 6) is -0.0181. The van der Waals surface area contributed by atoms with Crippen LogP contribution in [0, 0.1) is 17.8 Å². The molecule has 0 radical (unpaired) electrons. The molecule has 0 heterocycles. The molecule has 0 fully saturated rings. The smallest absolute Gasteiger partial charge is 0.462 e. The Morgan fingerprint density at radius 3 is 1.03 bits per heavy atom. The Morgan fingerprint density at radius 1 is 0.384 bits per heavy atom. The quantitative estimate of drug-likeness (QED) is 0.0169. The molecule has 0 aromatic rings. The van der Waals surface area contributed by atoms with Crippen LogP contribution in [0.15, 0.2) is 24.3 Å². The molecule has 3 N–H and O–H groups in total. The van der Waals surface area contributed by atoms with Gasteiger partial charge in [-0.05, 0) is 69.1 Å². The van der Waals surface area contributed by atoms with Gasteiger partial charge in [0.05, 0.1) is 26.4 Å². The molecule has 0 rings (SSSR count). The molecule has 0 aliphatic rings. The summed E-state index contributed by atoms with van der Waals surface area (Å²) in [4.78, 5) is 72.3. The third kappa shape index (κ3) is 59.2. The van der Waals surface area contributed by atoms with Crippen molar-refractivity contribution in [1.29, 1.82) is 0 Å². The van der Waals surface area contributed by atoms with Gasteiger partial charge < -0.3 is 33.8 Å². The second-order valence-corrected chi connectivity index (χ2v) is 27.6. The molecule has 17 nitrogen and oxygen atoms in total. The maximum Gasteiger partial charge on any atom is 0.472 e. The van der Waals surface area contributed by atoms with Crippen molar-refractivity contribution in [1.82, 2.24) is 0 Å². The predicted octanol–water partition coefficient (Wildman–Crippen LogP) is 18.2. The molecule has 3 unspecified atom stereocenters. The number of aliphatic hydroxyl groups is 1. The Hall–Kier alpha value is -2.46. The molecule has 0 spiro atoms. The molecular formula is C67H126O17P2. The standard InChI is InChI=1S/C67H126O17P2/c1-8-10-11-12-13-14-15-16-17-18-19-20-26-36-43-50-66(71)83-62(54-77-64(69)48-41-34-28-23-25-32-39-46-59(5)6)56-81-85(73,74)79-52-61(68)53-80-86(75,76)82-57-63(55-78-65(70)49-42-35-30-29-33-40-47-60(7)9-2)84-67(72)51-44-37-27-22-21-24-31-38-45-58(3)4/h14-17,58-63,68H,8-13,18-57H2,1-7H3,(H,73,74)(H,75,76)/b15-14-,17-16-/t60?,61-,62-,63-/m1/s1. The number of hydrogen-bond donors (Lipinski definition) is 3. The summed E-state index contributed by atoms with van der Waals surface area (Å²) in [5.41, 5.74) is 0. The van der Waals surface area contributed by atoms with Crippen molar-refractivity contribution in [3.8, 4) is 0 Å². The number of ether oxygens (including phenoxy) is 4. The van der Waals surface area contributed by atoms with E-state index in [1.54, 1.807) is 0 Å². The van der Waals surface area contributed by atoms with E-state index < -0.39 is 97.5 Å². The van der Waals surface area contributed by atoms with E-state index in [1.807, 2.05) is 0 Å². The molecule has 0 amide bonds. The Morgan fingerprint density at radius 2 is 0.686 bits per heavy atom. The number of unbranched alkanes of at least 4 members (excludes halogenated alkanes) is 27. The lowest BCUT2D eigenvalue weighted by Crippen LogP contribution is -2.30. The van der Waals surface area contributed by atoms with Gasteiger partial charge in [0, 0.05) is 25.7 Å². The first kappa shape index (κ1) is 83.5. The number of allylic oxidation sites excluding steroid dienone is 4. The minimum atomic E-state index is -4.96. The number of esters is 4. The Kier molecular flexibility index (Phi) is 56.0. The maximum absolute atomic E-state index is 13.0. The molecule has 506 valence electrons. The van der Waals surface area contributed by atoms with Crippen molar-refractivity contribution in [3.05, 3.63) is 24.3 Å². The molecule has 0 saturated heterocycles. The van der Waals surface area contributed by atoms with Crippen LogP contribution < -0.4 is 0 Å². The fraction of sp³-hybridized carbons (Fsp3) is 0.881. The number of carbonyl (C=O) groups is 4. The van der Waals surface area contributed by atoms with E-state index in [9.17, 15) is 43.2 Å². The van der Waals surface area contributed by atoms with Crippen molar-refractivity contribution in [2.75, 3.05) is 39.6 Å². The molecule has 0 aromatic heterocycles. The lowest BCUT2D eigenvalue weighted by Gasteiger charge is -2.21. The minimum Gasteiger partial charge on any atom is -0.462 e. The Balaban J connectivity index is 5.29. The summed E-state index contributed by atoms with van der Waals surface area (Å²) in [6.07, 6.45) is 42.7. The van der Waals surface area contributed by atoms with Crippen LogP contribution in [-0.4, -0.2) is 96.7 Å². The highest BCUT2D eigenvalue weighted by Gasteiger charge is 2.30. The van der Waals surface area contributed by atoms with Crippen molar-refractivity contribution in [3.63, 3.8) is 0 Å². The zero-order valence-corrected chi connectivity index (χ0v) is 57.0. The van der Waals surface area contributed by atoms with Crippen LogP contribution >= 0.6 is 15.6 Å².